The molecule has 0 saturated carbocycles. The largest absolute Gasteiger partial charge is 0.465 e. The number of methoxy groups -OCH3 is 1. The molecule has 1 rings (SSSR count). The molecular weight excluding hydrogens is 220 g/mol. The van der Waals surface area contributed by atoms with Crippen LogP contribution < -0.4 is 10.6 Å². The molecular formula is C12H18N2O3. The van der Waals surface area contributed by atoms with Gasteiger partial charge in [-0.3, -0.25) is 0 Å². The minimum Gasteiger partial charge on any atom is -0.465 e. The Morgan fingerprint density at radius 3 is 2.76 bits per heavy atom. The van der Waals surface area contributed by atoms with Gasteiger partial charge in [0, 0.05) is 13.1 Å². The molecule has 0 unspecified atom stereocenters. The summed E-state index contributed by atoms with van der Waals surface area (Å²) in [5, 5.41) is 8.97. The molecule has 0 fully saturated rings. The molecule has 1 aromatic carbocycles. The van der Waals surface area contributed by atoms with Crippen LogP contribution in [0.5, 0.6) is 0 Å². The average Bonchev–Trinajstić information content (AvgIpc) is 2.36. The molecule has 17 heavy (non-hydrogen) atoms. The maximum absolute atomic E-state index is 11.5. The number of esters is 1. The number of carbonyl (C=O) groups excluding carboxylic acids is 1. The van der Waals surface area contributed by atoms with Gasteiger partial charge in [-0.15, -0.1) is 0 Å². The van der Waals surface area contributed by atoms with Crippen LogP contribution in [-0.4, -0.2) is 37.9 Å². The van der Waals surface area contributed by atoms with Crippen LogP contribution in [0.2, 0.25) is 0 Å². The molecule has 0 bridgehead atoms. The van der Waals surface area contributed by atoms with E-state index in [4.69, 9.17) is 10.8 Å². The summed E-state index contributed by atoms with van der Waals surface area (Å²) in [6.07, 6.45) is 0. The number of ether oxygens (including phenoxy) is 1. The summed E-state index contributed by atoms with van der Waals surface area (Å²) in [6.45, 7) is 3.18. The zero-order valence-corrected chi connectivity index (χ0v) is 10.1. The smallest absolute Gasteiger partial charge is 0.340 e. The number of para-hydroxylation sites is 1. The summed E-state index contributed by atoms with van der Waals surface area (Å²) in [7, 11) is 1.32. The number of anilines is 2. The zero-order chi connectivity index (χ0) is 12.8. The summed E-state index contributed by atoms with van der Waals surface area (Å²) >= 11 is 0. The van der Waals surface area contributed by atoms with Crippen LogP contribution in [0.3, 0.4) is 0 Å². The van der Waals surface area contributed by atoms with Gasteiger partial charge in [0.1, 0.15) is 0 Å². The molecule has 0 aliphatic carbocycles. The van der Waals surface area contributed by atoms with E-state index in [1.165, 1.54) is 7.11 Å². The van der Waals surface area contributed by atoms with E-state index in [1.54, 1.807) is 12.1 Å². The second-order valence-corrected chi connectivity index (χ2v) is 3.53. The number of carbonyl (C=O) groups is 1. The summed E-state index contributed by atoms with van der Waals surface area (Å²) < 4.78 is 4.66. The lowest BCUT2D eigenvalue weighted by atomic mass is 10.1. The van der Waals surface area contributed by atoms with Crippen LogP contribution in [0.1, 0.15) is 17.3 Å². The Kier molecular flexibility index (Phi) is 4.78. The van der Waals surface area contributed by atoms with E-state index >= 15 is 0 Å². The Balaban J connectivity index is 3.12. The predicted octanol–water partition coefficient (Wildman–Crippen LogP) is 0.874. The monoisotopic (exact) mass is 238 g/mol. The van der Waals surface area contributed by atoms with Crippen molar-refractivity contribution in [2.24, 2.45) is 0 Å². The van der Waals surface area contributed by atoms with Gasteiger partial charge in [0.15, 0.2) is 0 Å². The van der Waals surface area contributed by atoms with Gasteiger partial charge in [-0.05, 0) is 19.1 Å². The van der Waals surface area contributed by atoms with Crippen molar-refractivity contribution >= 4 is 17.3 Å². The minimum absolute atomic E-state index is 0.0374. The third-order valence-corrected chi connectivity index (χ3v) is 2.58. The Morgan fingerprint density at radius 1 is 1.53 bits per heavy atom. The van der Waals surface area contributed by atoms with Gasteiger partial charge < -0.3 is 20.5 Å². The van der Waals surface area contributed by atoms with Crippen molar-refractivity contribution in [3.8, 4) is 0 Å². The molecule has 3 N–H and O–H groups in total. The van der Waals surface area contributed by atoms with Crippen LogP contribution in [0, 0.1) is 0 Å². The van der Waals surface area contributed by atoms with Crippen molar-refractivity contribution in [3.05, 3.63) is 23.8 Å². The van der Waals surface area contributed by atoms with Gasteiger partial charge in [-0.2, -0.15) is 0 Å². The second kappa shape index (κ2) is 6.10. The lowest BCUT2D eigenvalue weighted by molar-refractivity contribution is 0.0602. The maximum Gasteiger partial charge on any atom is 0.340 e. The van der Waals surface area contributed by atoms with E-state index in [1.807, 2.05) is 17.9 Å². The first-order valence-corrected chi connectivity index (χ1v) is 5.48. The third-order valence-electron chi connectivity index (χ3n) is 2.58. The van der Waals surface area contributed by atoms with E-state index in [0.29, 0.717) is 24.3 Å². The third kappa shape index (κ3) is 2.88. The highest BCUT2D eigenvalue weighted by atomic mass is 16.5. The van der Waals surface area contributed by atoms with Gasteiger partial charge in [0.2, 0.25) is 0 Å². The van der Waals surface area contributed by atoms with Crippen LogP contribution >= 0.6 is 0 Å². The number of aliphatic hydroxyl groups is 1. The van der Waals surface area contributed by atoms with Crippen LogP contribution in [-0.2, 0) is 4.74 Å². The Labute approximate surface area is 101 Å². The standard InChI is InChI=1S/C12H18N2O3/c1-3-14(7-8-15)10-6-4-5-9(11(10)13)12(16)17-2/h4-6,15H,3,7-8,13H2,1-2H3. The number of nitrogen functional groups attached to an aromatic ring is 1. The lowest BCUT2D eigenvalue weighted by Gasteiger charge is -2.24. The molecule has 94 valence electrons. The number of hydrogen-bond acceptors (Lipinski definition) is 5. The lowest BCUT2D eigenvalue weighted by Crippen LogP contribution is -2.27. The number of likely N-dealkylation sites (N-methyl/N-ethyl adjacent to an activating group) is 1. The SMILES string of the molecule is CCN(CCO)c1cccc(C(=O)OC)c1N. The van der Waals surface area contributed by atoms with E-state index in [9.17, 15) is 4.79 Å². The first kappa shape index (κ1) is 13.3. The number of hydrogen-bond donors (Lipinski definition) is 2. The van der Waals surface area contributed by atoms with Crippen LogP contribution in [0.15, 0.2) is 18.2 Å². The highest BCUT2D eigenvalue weighted by Crippen LogP contribution is 2.26. The highest BCUT2D eigenvalue weighted by Gasteiger charge is 2.15. The van der Waals surface area contributed by atoms with Crippen molar-refractivity contribution in [2.75, 3.05) is 37.4 Å². The van der Waals surface area contributed by atoms with Gasteiger partial charge in [-0.25, -0.2) is 4.79 Å². The summed E-state index contributed by atoms with van der Waals surface area (Å²) in [5.74, 6) is -0.454. The van der Waals surface area contributed by atoms with Crippen molar-refractivity contribution in [3.63, 3.8) is 0 Å². The van der Waals surface area contributed by atoms with E-state index in [0.717, 1.165) is 5.69 Å². The second-order valence-electron chi connectivity index (χ2n) is 3.53. The normalized spacial score (nSPS) is 10.1. The number of nitrogens with zero attached hydrogens (tertiary/aromatic N) is 1. The zero-order valence-electron chi connectivity index (χ0n) is 10.1. The molecule has 0 spiro atoms. The van der Waals surface area contributed by atoms with Crippen molar-refractivity contribution < 1.29 is 14.6 Å². The van der Waals surface area contributed by atoms with Gasteiger partial charge >= 0.3 is 5.97 Å². The first-order chi connectivity index (χ1) is 8.15. The molecule has 5 heteroatoms. The van der Waals surface area contributed by atoms with E-state index < -0.39 is 5.97 Å². The van der Waals surface area contributed by atoms with Crippen LogP contribution in [0.4, 0.5) is 11.4 Å². The van der Waals surface area contributed by atoms with Crippen molar-refractivity contribution in [2.45, 2.75) is 6.92 Å². The minimum atomic E-state index is -0.454. The molecule has 5 nitrogen and oxygen atoms in total. The van der Waals surface area contributed by atoms with Gasteiger partial charge in [0.25, 0.3) is 0 Å². The first-order valence-electron chi connectivity index (χ1n) is 5.48. The van der Waals surface area contributed by atoms with E-state index in [2.05, 4.69) is 4.74 Å². The van der Waals surface area contributed by atoms with Gasteiger partial charge in [0.05, 0.1) is 30.7 Å². The van der Waals surface area contributed by atoms with Crippen molar-refractivity contribution in [1.29, 1.82) is 0 Å². The average molecular weight is 238 g/mol. The summed E-state index contributed by atoms with van der Waals surface area (Å²) in [6, 6.07) is 5.19. The van der Waals surface area contributed by atoms with Crippen LogP contribution in [0.25, 0.3) is 0 Å². The topological polar surface area (TPSA) is 75.8 Å². The molecule has 0 aliphatic heterocycles. The molecule has 0 amide bonds. The number of aliphatic hydroxyl groups excluding tert-OH is 1. The Hall–Kier alpha value is -1.75. The number of benzene rings is 1. The number of rotatable bonds is 5. The fourth-order valence-corrected chi connectivity index (χ4v) is 1.69. The fourth-order valence-electron chi connectivity index (χ4n) is 1.69. The highest BCUT2D eigenvalue weighted by molar-refractivity contribution is 5.98. The Morgan fingerprint density at radius 2 is 2.24 bits per heavy atom. The number of nitrogens with two attached hydrogens (primary N) is 1. The van der Waals surface area contributed by atoms with E-state index in [-0.39, 0.29) is 6.61 Å². The molecule has 0 aliphatic rings. The fraction of sp³-hybridized carbons (Fsp3) is 0.417. The predicted molar refractivity (Wildman–Crippen MR) is 67.2 cm³/mol. The molecule has 0 radical (unpaired) electrons. The maximum atomic E-state index is 11.5. The molecule has 1 aromatic rings. The summed E-state index contributed by atoms with van der Waals surface area (Å²) in [4.78, 5) is 13.4. The van der Waals surface area contributed by atoms with Gasteiger partial charge in [-0.1, -0.05) is 6.07 Å². The van der Waals surface area contributed by atoms with Crippen molar-refractivity contribution in [1.82, 2.24) is 0 Å². The molecule has 0 heterocycles. The molecule has 0 saturated heterocycles. The quantitative estimate of drug-likeness (QED) is 0.588. The summed E-state index contributed by atoms with van der Waals surface area (Å²) in [5.41, 5.74) is 7.42. The molecule has 0 atom stereocenters. The molecule has 0 aromatic heterocycles. The Bertz CT molecular complexity index is 393.